The molecule has 2 nitrogen and oxygen atoms in total. The topological polar surface area (TPSA) is 15.3 Å². The molecule has 0 saturated carbocycles. The number of benzene rings is 1. The van der Waals surface area contributed by atoms with E-state index >= 15 is 0 Å². The first-order valence-electron chi connectivity index (χ1n) is 7.71. The summed E-state index contributed by atoms with van der Waals surface area (Å²) in [6, 6.07) is 7.30. The van der Waals surface area contributed by atoms with Crippen molar-refractivity contribution in [1.29, 1.82) is 0 Å². The van der Waals surface area contributed by atoms with Crippen molar-refractivity contribution >= 4 is 21.6 Å². The van der Waals surface area contributed by atoms with Crippen molar-refractivity contribution in [2.75, 3.05) is 18.5 Å². The van der Waals surface area contributed by atoms with Gasteiger partial charge in [0.05, 0.1) is 5.69 Å². The van der Waals surface area contributed by atoms with Gasteiger partial charge >= 0.3 is 0 Å². The van der Waals surface area contributed by atoms with E-state index in [2.05, 4.69) is 79.1 Å². The van der Waals surface area contributed by atoms with Crippen LogP contribution in [0.5, 0.6) is 0 Å². The van der Waals surface area contributed by atoms with Crippen LogP contribution < -0.4 is 10.2 Å². The number of hydrogen-bond acceptors (Lipinski definition) is 2. The lowest BCUT2D eigenvalue weighted by atomic mass is 10.1. The van der Waals surface area contributed by atoms with Crippen LogP contribution in [0, 0.1) is 5.92 Å². The maximum Gasteiger partial charge on any atom is 0.0510 e. The Kier molecular flexibility index (Phi) is 7.60. The molecule has 1 aromatic rings. The molecule has 1 rings (SSSR count). The molecule has 3 heteroatoms. The van der Waals surface area contributed by atoms with Crippen LogP contribution in [0.15, 0.2) is 22.7 Å². The molecule has 0 saturated heterocycles. The summed E-state index contributed by atoms with van der Waals surface area (Å²) in [5.74, 6) is 0.693. The minimum atomic E-state index is 0.608. The van der Waals surface area contributed by atoms with Crippen LogP contribution in [0.1, 0.15) is 46.1 Å². The molecule has 114 valence electrons. The van der Waals surface area contributed by atoms with Gasteiger partial charge in [0, 0.05) is 24.1 Å². The van der Waals surface area contributed by atoms with E-state index in [-0.39, 0.29) is 0 Å². The van der Waals surface area contributed by atoms with Crippen molar-refractivity contribution in [3.05, 3.63) is 28.2 Å². The summed E-state index contributed by atoms with van der Waals surface area (Å²) in [6.45, 7) is 11.0. The summed E-state index contributed by atoms with van der Waals surface area (Å²) in [5, 5.41) is 3.49. The lowest BCUT2D eigenvalue weighted by molar-refractivity contribution is 0.552. The molecule has 1 N–H and O–H groups in total. The molecule has 0 aromatic heterocycles. The highest BCUT2D eigenvalue weighted by Crippen LogP contribution is 2.29. The molecular weight excluding hydrogens is 312 g/mol. The molecule has 0 bridgehead atoms. The first-order valence-corrected chi connectivity index (χ1v) is 8.50. The Morgan fingerprint density at radius 1 is 1.20 bits per heavy atom. The molecule has 0 atom stereocenters. The third-order valence-electron chi connectivity index (χ3n) is 3.76. The van der Waals surface area contributed by atoms with Crippen molar-refractivity contribution < 1.29 is 0 Å². The highest BCUT2D eigenvalue weighted by molar-refractivity contribution is 9.10. The van der Waals surface area contributed by atoms with E-state index in [4.69, 9.17) is 0 Å². The Balaban J connectivity index is 2.72. The molecule has 0 unspecified atom stereocenters. The highest BCUT2D eigenvalue weighted by atomic mass is 79.9. The van der Waals surface area contributed by atoms with E-state index in [9.17, 15) is 0 Å². The van der Waals surface area contributed by atoms with Crippen LogP contribution in [-0.4, -0.2) is 19.6 Å². The van der Waals surface area contributed by atoms with Gasteiger partial charge in [0.2, 0.25) is 0 Å². The number of nitrogens with zero attached hydrogens (tertiary/aromatic N) is 1. The van der Waals surface area contributed by atoms with Gasteiger partial charge in [0.25, 0.3) is 0 Å². The largest absolute Gasteiger partial charge is 0.371 e. The second-order valence-electron chi connectivity index (χ2n) is 5.89. The van der Waals surface area contributed by atoms with Crippen LogP contribution in [0.3, 0.4) is 0 Å². The molecular formula is C17H29BrN2. The predicted molar refractivity (Wildman–Crippen MR) is 93.5 cm³/mol. The maximum absolute atomic E-state index is 3.73. The monoisotopic (exact) mass is 340 g/mol. The normalized spacial score (nSPS) is 11.4. The number of anilines is 1. The van der Waals surface area contributed by atoms with Crippen molar-refractivity contribution in [1.82, 2.24) is 5.32 Å². The van der Waals surface area contributed by atoms with E-state index in [1.54, 1.807) is 0 Å². The van der Waals surface area contributed by atoms with Gasteiger partial charge in [-0.3, -0.25) is 0 Å². The van der Waals surface area contributed by atoms with E-state index in [1.807, 2.05) is 0 Å². The standard InChI is InChI=1S/C17H29BrN2/c1-6-15(7-2)20(5)17-9-8-14(10-16(17)18)12-19-11-13(3)4/h8-10,13,15,19H,6-7,11-12H2,1-5H3. The summed E-state index contributed by atoms with van der Waals surface area (Å²) in [6.07, 6.45) is 2.36. The zero-order valence-electron chi connectivity index (χ0n) is 13.5. The molecule has 0 heterocycles. The third-order valence-corrected chi connectivity index (χ3v) is 4.40. The Morgan fingerprint density at radius 3 is 2.35 bits per heavy atom. The highest BCUT2D eigenvalue weighted by Gasteiger charge is 2.13. The van der Waals surface area contributed by atoms with Crippen molar-refractivity contribution in [3.8, 4) is 0 Å². The fraction of sp³-hybridized carbons (Fsp3) is 0.647. The van der Waals surface area contributed by atoms with Crippen LogP contribution >= 0.6 is 15.9 Å². The lowest BCUT2D eigenvalue weighted by Gasteiger charge is -2.29. The maximum atomic E-state index is 3.73. The molecule has 0 amide bonds. The first-order chi connectivity index (χ1) is 9.49. The van der Waals surface area contributed by atoms with E-state index in [0.29, 0.717) is 12.0 Å². The van der Waals surface area contributed by atoms with Crippen LogP contribution in [0.2, 0.25) is 0 Å². The van der Waals surface area contributed by atoms with Gasteiger partial charge in [-0.1, -0.05) is 33.8 Å². The van der Waals surface area contributed by atoms with Gasteiger partial charge in [-0.05, 0) is 58.9 Å². The van der Waals surface area contributed by atoms with E-state index in [1.165, 1.54) is 28.6 Å². The molecule has 0 fully saturated rings. The number of hydrogen-bond donors (Lipinski definition) is 1. The molecule has 20 heavy (non-hydrogen) atoms. The first kappa shape index (κ1) is 17.5. The fourth-order valence-corrected chi connectivity index (χ4v) is 3.19. The Hall–Kier alpha value is -0.540. The summed E-state index contributed by atoms with van der Waals surface area (Å²) >= 11 is 3.73. The van der Waals surface area contributed by atoms with Crippen LogP contribution in [0.25, 0.3) is 0 Å². The van der Waals surface area contributed by atoms with Crippen LogP contribution in [0.4, 0.5) is 5.69 Å². The zero-order valence-corrected chi connectivity index (χ0v) is 15.1. The summed E-state index contributed by atoms with van der Waals surface area (Å²) in [5.41, 5.74) is 2.62. The predicted octanol–water partition coefficient (Wildman–Crippen LogP) is 4.82. The minimum Gasteiger partial charge on any atom is -0.371 e. The molecule has 0 spiro atoms. The average Bonchev–Trinajstić information content (AvgIpc) is 2.39. The van der Waals surface area contributed by atoms with Gasteiger partial charge in [0.15, 0.2) is 0 Å². The molecule has 0 aliphatic rings. The summed E-state index contributed by atoms with van der Waals surface area (Å²) in [7, 11) is 2.19. The summed E-state index contributed by atoms with van der Waals surface area (Å²) < 4.78 is 1.19. The number of rotatable bonds is 8. The number of halogens is 1. The molecule has 1 aromatic carbocycles. The Bertz CT molecular complexity index is 400. The smallest absolute Gasteiger partial charge is 0.0510 e. The Labute approximate surface area is 133 Å². The second-order valence-corrected chi connectivity index (χ2v) is 6.75. The summed E-state index contributed by atoms with van der Waals surface area (Å²) in [4.78, 5) is 2.38. The van der Waals surface area contributed by atoms with E-state index in [0.717, 1.165) is 13.1 Å². The average molecular weight is 341 g/mol. The second kappa shape index (κ2) is 8.68. The minimum absolute atomic E-state index is 0.608. The van der Waals surface area contributed by atoms with Gasteiger partial charge in [0.1, 0.15) is 0 Å². The molecule has 0 aliphatic heterocycles. The quantitative estimate of drug-likeness (QED) is 0.729. The number of nitrogens with one attached hydrogen (secondary N) is 1. The van der Waals surface area contributed by atoms with Crippen LogP contribution in [-0.2, 0) is 6.54 Å². The van der Waals surface area contributed by atoms with Gasteiger partial charge in [-0.25, -0.2) is 0 Å². The SMILES string of the molecule is CCC(CC)N(C)c1ccc(CNCC(C)C)cc1Br. The lowest BCUT2D eigenvalue weighted by Crippen LogP contribution is -2.30. The van der Waals surface area contributed by atoms with Gasteiger partial charge < -0.3 is 10.2 Å². The van der Waals surface area contributed by atoms with Gasteiger partial charge in [-0.15, -0.1) is 0 Å². The Morgan fingerprint density at radius 2 is 1.85 bits per heavy atom. The zero-order chi connectivity index (χ0) is 15.1. The van der Waals surface area contributed by atoms with Gasteiger partial charge in [-0.2, -0.15) is 0 Å². The fourth-order valence-electron chi connectivity index (χ4n) is 2.48. The van der Waals surface area contributed by atoms with Crippen molar-refractivity contribution in [2.24, 2.45) is 5.92 Å². The molecule has 0 aliphatic carbocycles. The third kappa shape index (κ3) is 5.10. The van der Waals surface area contributed by atoms with Crippen molar-refractivity contribution in [3.63, 3.8) is 0 Å². The van der Waals surface area contributed by atoms with E-state index < -0.39 is 0 Å². The molecule has 0 radical (unpaired) electrons. The van der Waals surface area contributed by atoms with Crippen molar-refractivity contribution in [2.45, 2.75) is 53.1 Å².